The number of anilines is 3. The van der Waals surface area contributed by atoms with Gasteiger partial charge >= 0.3 is 0 Å². The van der Waals surface area contributed by atoms with Gasteiger partial charge in [0.1, 0.15) is 17.2 Å². The van der Waals surface area contributed by atoms with Crippen molar-refractivity contribution in [3.8, 4) is 22.3 Å². The fourth-order valence-corrected chi connectivity index (χ4v) is 6.07. The lowest BCUT2D eigenvalue weighted by atomic mass is 9.99. The summed E-state index contributed by atoms with van der Waals surface area (Å²) in [6, 6.07) is 11.3. The maximum Gasteiger partial charge on any atom is 0.292 e. The SMILES string of the molecule is Cc1noc(C)c1-c1ccc(NCC2CCOCC2)c(N)c1.Cc1noc(C)c1-c1ccc(NCC2CCOCC2)c([N+](=O)[O-])c1. The molecule has 46 heavy (non-hydrogen) atoms. The Morgan fingerprint density at radius 2 is 1.22 bits per heavy atom. The second-order valence-electron chi connectivity index (χ2n) is 12.1. The predicted octanol–water partition coefficient (Wildman–Crippen LogP) is 7.08. The number of nitro groups is 1. The van der Waals surface area contributed by atoms with Crippen molar-refractivity contribution in [2.24, 2.45) is 11.8 Å². The molecule has 2 aliphatic rings. The molecule has 0 amide bonds. The molecule has 0 spiro atoms. The molecule has 2 aliphatic heterocycles. The van der Waals surface area contributed by atoms with Gasteiger partial charge in [-0.05, 0) is 94.5 Å². The number of benzene rings is 2. The summed E-state index contributed by atoms with van der Waals surface area (Å²) in [5.74, 6) is 2.63. The lowest BCUT2D eigenvalue weighted by molar-refractivity contribution is -0.383. The van der Waals surface area contributed by atoms with Gasteiger partial charge in [-0.1, -0.05) is 22.4 Å². The number of ether oxygens (including phenoxy) is 2. The number of nitro benzene ring substituents is 1. The molecular weight excluding hydrogens is 588 g/mol. The van der Waals surface area contributed by atoms with Crippen LogP contribution >= 0.6 is 0 Å². The maximum atomic E-state index is 11.5. The summed E-state index contributed by atoms with van der Waals surface area (Å²) in [5, 5.41) is 26.1. The van der Waals surface area contributed by atoms with Crippen molar-refractivity contribution in [1.29, 1.82) is 0 Å². The average Bonchev–Trinajstić information content (AvgIpc) is 3.59. The van der Waals surface area contributed by atoms with Crippen LogP contribution in [0.25, 0.3) is 22.3 Å². The first-order valence-corrected chi connectivity index (χ1v) is 15.9. The van der Waals surface area contributed by atoms with Gasteiger partial charge in [0, 0.05) is 56.7 Å². The molecule has 12 nitrogen and oxygen atoms in total. The van der Waals surface area contributed by atoms with E-state index in [9.17, 15) is 10.1 Å². The van der Waals surface area contributed by atoms with E-state index in [1.165, 1.54) is 0 Å². The lowest BCUT2D eigenvalue weighted by Gasteiger charge is -2.23. The highest BCUT2D eigenvalue weighted by Gasteiger charge is 2.21. The van der Waals surface area contributed by atoms with E-state index < -0.39 is 0 Å². The molecule has 0 radical (unpaired) electrons. The Kier molecular flexibility index (Phi) is 10.9. The zero-order valence-corrected chi connectivity index (χ0v) is 27.1. The van der Waals surface area contributed by atoms with Gasteiger partial charge in [-0.3, -0.25) is 10.1 Å². The van der Waals surface area contributed by atoms with Crippen LogP contribution in [0.4, 0.5) is 22.7 Å². The van der Waals surface area contributed by atoms with Gasteiger partial charge in [-0.15, -0.1) is 0 Å². The van der Waals surface area contributed by atoms with Crippen molar-refractivity contribution >= 4 is 22.7 Å². The normalized spacial score (nSPS) is 15.7. The molecule has 2 aromatic carbocycles. The Morgan fingerprint density at radius 1 is 0.761 bits per heavy atom. The van der Waals surface area contributed by atoms with Gasteiger partial charge in [0.25, 0.3) is 5.69 Å². The molecule has 2 aromatic heterocycles. The van der Waals surface area contributed by atoms with Crippen LogP contribution in [0.2, 0.25) is 0 Å². The average molecular weight is 633 g/mol. The topological polar surface area (TPSA) is 164 Å². The van der Waals surface area contributed by atoms with Crippen molar-refractivity contribution in [2.45, 2.75) is 53.4 Å². The van der Waals surface area contributed by atoms with E-state index in [0.717, 1.165) is 116 Å². The zero-order chi connectivity index (χ0) is 32.6. The minimum absolute atomic E-state index is 0.0690. The van der Waals surface area contributed by atoms with Gasteiger partial charge < -0.3 is 34.9 Å². The minimum Gasteiger partial charge on any atom is -0.397 e. The molecule has 6 rings (SSSR count). The summed E-state index contributed by atoms with van der Waals surface area (Å²) in [7, 11) is 0. The molecule has 0 bridgehead atoms. The zero-order valence-electron chi connectivity index (χ0n) is 27.1. The van der Waals surface area contributed by atoms with E-state index in [1.807, 2.05) is 39.0 Å². The summed E-state index contributed by atoms with van der Waals surface area (Å²) in [5.41, 5.74) is 13.8. The summed E-state index contributed by atoms with van der Waals surface area (Å²) in [6.45, 7) is 12.4. The molecule has 4 aromatic rings. The van der Waals surface area contributed by atoms with Crippen molar-refractivity contribution in [3.63, 3.8) is 0 Å². The largest absolute Gasteiger partial charge is 0.397 e. The third-order valence-corrected chi connectivity index (χ3v) is 8.73. The van der Waals surface area contributed by atoms with Crippen molar-refractivity contribution < 1.29 is 23.4 Å². The third-order valence-electron chi connectivity index (χ3n) is 8.73. The van der Waals surface area contributed by atoms with Gasteiger partial charge in [0.15, 0.2) is 0 Å². The first kappa shape index (κ1) is 33.0. The Balaban J connectivity index is 0.000000182. The molecule has 0 unspecified atom stereocenters. The van der Waals surface area contributed by atoms with Crippen molar-refractivity contribution in [2.75, 3.05) is 55.9 Å². The van der Waals surface area contributed by atoms with Crippen LogP contribution in [-0.4, -0.2) is 54.8 Å². The monoisotopic (exact) mass is 632 g/mol. The van der Waals surface area contributed by atoms with E-state index in [-0.39, 0.29) is 10.6 Å². The van der Waals surface area contributed by atoms with E-state index in [4.69, 9.17) is 24.3 Å². The molecule has 0 atom stereocenters. The number of nitrogens with two attached hydrogens (primary N) is 1. The fourth-order valence-electron chi connectivity index (χ4n) is 6.07. The predicted molar refractivity (Wildman–Crippen MR) is 178 cm³/mol. The molecule has 0 saturated carbocycles. The first-order valence-electron chi connectivity index (χ1n) is 15.9. The second kappa shape index (κ2) is 15.2. The molecule has 2 fully saturated rings. The molecule has 4 N–H and O–H groups in total. The highest BCUT2D eigenvalue weighted by molar-refractivity contribution is 5.78. The number of aromatic nitrogens is 2. The van der Waals surface area contributed by atoms with Gasteiger partial charge in [-0.25, -0.2) is 0 Å². The van der Waals surface area contributed by atoms with Crippen molar-refractivity contribution in [3.05, 3.63) is 69.4 Å². The van der Waals surface area contributed by atoms with Crippen LogP contribution in [0.5, 0.6) is 0 Å². The summed E-state index contributed by atoms with van der Waals surface area (Å²) in [6.07, 6.45) is 4.20. The van der Waals surface area contributed by atoms with Crippen LogP contribution < -0.4 is 16.4 Å². The number of hydrogen-bond acceptors (Lipinski definition) is 11. The highest BCUT2D eigenvalue weighted by atomic mass is 16.6. The summed E-state index contributed by atoms with van der Waals surface area (Å²) >= 11 is 0. The lowest BCUT2D eigenvalue weighted by Crippen LogP contribution is -2.22. The van der Waals surface area contributed by atoms with Crippen LogP contribution in [0.15, 0.2) is 45.4 Å². The van der Waals surface area contributed by atoms with Crippen LogP contribution in [0, 0.1) is 49.6 Å². The smallest absolute Gasteiger partial charge is 0.292 e. The van der Waals surface area contributed by atoms with Gasteiger partial charge in [0.2, 0.25) is 0 Å². The maximum absolute atomic E-state index is 11.5. The highest BCUT2D eigenvalue weighted by Crippen LogP contribution is 2.34. The van der Waals surface area contributed by atoms with E-state index in [1.54, 1.807) is 19.1 Å². The summed E-state index contributed by atoms with van der Waals surface area (Å²) in [4.78, 5) is 11.1. The van der Waals surface area contributed by atoms with E-state index >= 15 is 0 Å². The second-order valence-corrected chi connectivity index (χ2v) is 12.1. The van der Waals surface area contributed by atoms with Gasteiger partial charge in [-0.2, -0.15) is 0 Å². The molecule has 2 saturated heterocycles. The van der Waals surface area contributed by atoms with E-state index in [0.29, 0.717) is 23.3 Å². The molecule has 0 aliphatic carbocycles. The number of nitrogens with zero attached hydrogens (tertiary/aromatic N) is 3. The number of hydrogen-bond donors (Lipinski definition) is 3. The molecule has 4 heterocycles. The summed E-state index contributed by atoms with van der Waals surface area (Å²) < 4.78 is 21.1. The Bertz CT molecular complexity index is 1580. The fraction of sp³-hybridized carbons (Fsp3) is 0.471. The van der Waals surface area contributed by atoms with Crippen LogP contribution in [0.3, 0.4) is 0 Å². The molecule has 12 heteroatoms. The number of aryl methyl sites for hydroxylation is 4. The van der Waals surface area contributed by atoms with Crippen LogP contribution in [0.1, 0.15) is 48.6 Å². The first-order chi connectivity index (χ1) is 22.2. The Labute approximate surface area is 269 Å². The Hall–Kier alpha value is -4.42. The Morgan fingerprint density at radius 3 is 1.65 bits per heavy atom. The molecule has 246 valence electrons. The quantitative estimate of drug-likeness (QED) is 0.0980. The number of rotatable bonds is 9. The van der Waals surface area contributed by atoms with Crippen molar-refractivity contribution in [1.82, 2.24) is 10.3 Å². The van der Waals surface area contributed by atoms with Gasteiger partial charge in [0.05, 0.1) is 27.7 Å². The minimum atomic E-state index is -0.353. The van der Waals surface area contributed by atoms with Crippen LogP contribution in [-0.2, 0) is 9.47 Å². The third kappa shape index (κ3) is 8.04. The molecular formula is C34H44N6O6. The van der Waals surface area contributed by atoms with E-state index in [2.05, 4.69) is 27.0 Å². The number of nitrogen functional groups attached to an aromatic ring is 1. The number of nitrogens with one attached hydrogen (secondary N) is 2. The standard InChI is InChI=1S/C17H21N3O4.C17H23N3O2/c1-11-17(12(2)24-19-11)14-3-4-15(16(9-14)20(21)22)18-10-13-5-7-23-8-6-13;1-11-17(12(2)22-20-11)14-3-4-16(15(18)9-14)19-10-13-5-7-21-8-6-13/h3-4,9,13,18H,5-8,10H2,1-2H3;3-4,9,13,19H,5-8,10,18H2,1-2H3.